The molecule has 1 aromatic rings. The Bertz CT molecular complexity index is 349. The Kier molecular flexibility index (Phi) is 6.34. The minimum absolute atomic E-state index is 0.0737. The van der Waals surface area contributed by atoms with E-state index in [0.717, 1.165) is 24.9 Å². The van der Waals surface area contributed by atoms with E-state index in [4.69, 9.17) is 0 Å². The van der Waals surface area contributed by atoms with Crippen LogP contribution in [-0.2, 0) is 6.42 Å². The van der Waals surface area contributed by atoms with E-state index in [1.165, 1.54) is 0 Å². The molecule has 1 aromatic carbocycles. The van der Waals surface area contributed by atoms with Crippen molar-refractivity contribution in [2.75, 3.05) is 6.54 Å². The van der Waals surface area contributed by atoms with E-state index in [0.29, 0.717) is 17.9 Å². The third-order valence-electron chi connectivity index (χ3n) is 3.68. The van der Waals surface area contributed by atoms with Gasteiger partial charge in [-0.2, -0.15) is 0 Å². The van der Waals surface area contributed by atoms with Crippen molar-refractivity contribution in [3.63, 3.8) is 0 Å². The molecule has 18 heavy (non-hydrogen) atoms. The Morgan fingerprint density at radius 2 is 1.83 bits per heavy atom. The largest absolute Gasteiger partial charge is 0.314 e. The van der Waals surface area contributed by atoms with Crippen molar-refractivity contribution in [3.05, 3.63) is 35.6 Å². The van der Waals surface area contributed by atoms with Crippen LogP contribution in [0.15, 0.2) is 24.3 Å². The first-order chi connectivity index (χ1) is 8.54. The molecule has 0 aliphatic rings. The van der Waals surface area contributed by atoms with Crippen LogP contribution in [0.25, 0.3) is 0 Å². The lowest BCUT2D eigenvalue weighted by atomic mass is 9.86. The quantitative estimate of drug-likeness (QED) is 0.771. The van der Waals surface area contributed by atoms with Gasteiger partial charge >= 0.3 is 0 Å². The minimum atomic E-state index is -0.0737. The monoisotopic (exact) mass is 251 g/mol. The maximum atomic E-state index is 13.7. The van der Waals surface area contributed by atoms with Crippen LogP contribution < -0.4 is 5.32 Å². The molecule has 102 valence electrons. The Morgan fingerprint density at radius 3 is 2.39 bits per heavy atom. The van der Waals surface area contributed by atoms with Crippen LogP contribution in [-0.4, -0.2) is 12.6 Å². The highest BCUT2D eigenvalue weighted by Gasteiger charge is 2.18. The molecule has 0 aliphatic carbocycles. The van der Waals surface area contributed by atoms with Crippen molar-refractivity contribution in [2.24, 2.45) is 11.8 Å². The zero-order valence-corrected chi connectivity index (χ0v) is 12.0. The number of hydrogen-bond donors (Lipinski definition) is 1. The molecule has 0 spiro atoms. The Balaban J connectivity index is 2.69. The zero-order valence-electron chi connectivity index (χ0n) is 12.0. The van der Waals surface area contributed by atoms with E-state index < -0.39 is 0 Å². The maximum absolute atomic E-state index is 13.7. The first-order valence-electron chi connectivity index (χ1n) is 7.01. The van der Waals surface area contributed by atoms with E-state index in [1.807, 2.05) is 12.1 Å². The van der Waals surface area contributed by atoms with E-state index in [1.54, 1.807) is 12.1 Å². The van der Waals surface area contributed by atoms with E-state index in [2.05, 4.69) is 33.0 Å². The lowest BCUT2D eigenvalue weighted by molar-refractivity contribution is 0.318. The van der Waals surface area contributed by atoms with Crippen LogP contribution in [0.1, 0.15) is 39.7 Å². The molecule has 0 bridgehead atoms. The van der Waals surface area contributed by atoms with Gasteiger partial charge in [0.05, 0.1) is 0 Å². The Hall–Kier alpha value is -0.890. The zero-order chi connectivity index (χ0) is 13.5. The van der Waals surface area contributed by atoms with Crippen molar-refractivity contribution < 1.29 is 4.39 Å². The number of benzene rings is 1. The molecule has 0 amide bonds. The van der Waals surface area contributed by atoms with Crippen molar-refractivity contribution in [2.45, 2.75) is 46.6 Å². The molecule has 2 unspecified atom stereocenters. The van der Waals surface area contributed by atoms with Crippen LogP contribution in [0.4, 0.5) is 4.39 Å². The van der Waals surface area contributed by atoms with Gasteiger partial charge in [-0.3, -0.25) is 0 Å². The summed E-state index contributed by atoms with van der Waals surface area (Å²) < 4.78 is 13.7. The van der Waals surface area contributed by atoms with Crippen molar-refractivity contribution in [1.29, 1.82) is 0 Å². The predicted molar refractivity (Wildman–Crippen MR) is 76.2 cm³/mol. The van der Waals surface area contributed by atoms with E-state index in [-0.39, 0.29) is 5.82 Å². The molecule has 1 N–H and O–H groups in total. The Labute approximate surface area is 111 Å². The fraction of sp³-hybridized carbons (Fsp3) is 0.625. The fourth-order valence-corrected chi connectivity index (χ4v) is 2.14. The van der Waals surface area contributed by atoms with Crippen LogP contribution in [0, 0.1) is 17.7 Å². The van der Waals surface area contributed by atoms with E-state index in [9.17, 15) is 4.39 Å². The van der Waals surface area contributed by atoms with Crippen LogP contribution in [0.2, 0.25) is 0 Å². The van der Waals surface area contributed by atoms with Crippen LogP contribution in [0.3, 0.4) is 0 Å². The van der Waals surface area contributed by atoms with Gasteiger partial charge in [0, 0.05) is 6.04 Å². The summed E-state index contributed by atoms with van der Waals surface area (Å²) in [5.74, 6) is 1.03. The molecule has 1 rings (SSSR count). The molecule has 2 atom stereocenters. The van der Waals surface area contributed by atoms with Gasteiger partial charge < -0.3 is 5.32 Å². The average Bonchev–Trinajstić information content (AvgIpc) is 2.35. The third kappa shape index (κ3) is 4.77. The summed E-state index contributed by atoms with van der Waals surface area (Å²) in [6, 6.07) is 7.61. The molecule has 0 heterocycles. The molecular weight excluding hydrogens is 225 g/mol. The summed E-state index contributed by atoms with van der Waals surface area (Å²) in [5.41, 5.74) is 0.841. The third-order valence-corrected chi connectivity index (χ3v) is 3.68. The standard InChI is InChI=1S/C16H26FN/c1-5-13(4)15(11-18-12(2)3)10-14-8-6-7-9-16(14)17/h6-9,12-13,15,18H,5,10-11H2,1-4H3. The van der Waals surface area contributed by atoms with Gasteiger partial charge in [-0.1, -0.05) is 52.3 Å². The van der Waals surface area contributed by atoms with Crippen molar-refractivity contribution in [1.82, 2.24) is 5.32 Å². The summed E-state index contributed by atoms with van der Waals surface area (Å²) in [5, 5.41) is 3.48. The SMILES string of the molecule is CCC(C)C(CNC(C)C)Cc1ccccc1F. The molecule has 1 nitrogen and oxygen atoms in total. The van der Waals surface area contributed by atoms with Crippen LogP contribution in [0.5, 0.6) is 0 Å². The summed E-state index contributed by atoms with van der Waals surface area (Å²) in [6.45, 7) is 9.72. The number of halogens is 1. The summed E-state index contributed by atoms with van der Waals surface area (Å²) >= 11 is 0. The maximum Gasteiger partial charge on any atom is 0.126 e. The van der Waals surface area contributed by atoms with Crippen LogP contribution >= 0.6 is 0 Å². The second-order valence-corrected chi connectivity index (χ2v) is 5.50. The highest BCUT2D eigenvalue weighted by Crippen LogP contribution is 2.21. The molecule has 0 radical (unpaired) electrons. The molecule has 2 heteroatoms. The van der Waals surface area contributed by atoms with Gasteiger partial charge in [0.2, 0.25) is 0 Å². The Morgan fingerprint density at radius 1 is 1.17 bits per heavy atom. The number of hydrogen-bond acceptors (Lipinski definition) is 1. The summed E-state index contributed by atoms with van der Waals surface area (Å²) in [6.07, 6.45) is 1.96. The lowest BCUT2D eigenvalue weighted by Gasteiger charge is -2.25. The summed E-state index contributed by atoms with van der Waals surface area (Å²) in [4.78, 5) is 0. The first-order valence-corrected chi connectivity index (χ1v) is 7.01. The smallest absolute Gasteiger partial charge is 0.126 e. The highest BCUT2D eigenvalue weighted by molar-refractivity contribution is 5.18. The van der Waals surface area contributed by atoms with Crippen molar-refractivity contribution >= 4 is 0 Å². The topological polar surface area (TPSA) is 12.0 Å². The second-order valence-electron chi connectivity index (χ2n) is 5.50. The lowest BCUT2D eigenvalue weighted by Crippen LogP contribution is -2.33. The molecular formula is C16H26FN. The van der Waals surface area contributed by atoms with Gasteiger partial charge in [-0.15, -0.1) is 0 Å². The molecule has 0 saturated carbocycles. The molecule has 0 saturated heterocycles. The van der Waals surface area contributed by atoms with Gasteiger partial charge in [-0.05, 0) is 36.4 Å². The summed E-state index contributed by atoms with van der Waals surface area (Å²) in [7, 11) is 0. The van der Waals surface area contributed by atoms with Gasteiger partial charge in [0.25, 0.3) is 0 Å². The van der Waals surface area contributed by atoms with Gasteiger partial charge in [0.15, 0.2) is 0 Å². The molecule has 0 fully saturated rings. The normalized spacial score (nSPS) is 14.8. The van der Waals surface area contributed by atoms with Gasteiger partial charge in [0.1, 0.15) is 5.82 Å². The minimum Gasteiger partial charge on any atom is -0.314 e. The van der Waals surface area contributed by atoms with Crippen molar-refractivity contribution in [3.8, 4) is 0 Å². The first kappa shape index (κ1) is 15.2. The van der Waals surface area contributed by atoms with Gasteiger partial charge in [-0.25, -0.2) is 4.39 Å². The molecule has 0 aromatic heterocycles. The second kappa shape index (κ2) is 7.52. The average molecular weight is 251 g/mol. The predicted octanol–water partition coefficient (Wildman–Crippen LogP) is 4.03. The highest BCUT2D eigenvalue weighted by atomic mass is 19.1. The van der Waals surface area contributed by atoms with E-state index >= 15 is 0 Å². The number of rotatable bonds is 7. The number of nitrogens with one attached hydrogen (secondary N) is 1. The molecule has 0 aliphatic heterocycles. The fourth-order valence-electron chi connectivity index (χ4n) is 2.14.